The molecule has 2 N–H and O–H groups in total. The third kappa shape index (κ3) is 3.68. The van der Waals surface area contributed by atoms with Gasteiger partial charge in [-0.15, -0.1) is 12.4 Å². The normalized spacial score (nSPS) is 13.1. The number of benzene rings is 1. The van der Waals surface area contributed by atoms with Gasteiger partial charge in [-0.3, -0.25) is 0 Å². The Balaban J connectivity index is 0.00000196. The second kappa shape index (κ2) is 5.32. The number of hydrogen-bond donors (Lipinski definition) is 1. The lowest BCUT2D eigenvalue weighted by molar-refractivity contribution is -0.148. The molecule has 15 heavy (non-hydrogen) atoms. The fraction of sp³-hybridized carbons (Fsp3) is 0.333. The Bertz CT molecular complexity index is 296. The zero-order chi connectivity index (χ0) is 10.8. The number of alkyl halides is 3. The molecule has 1 atom stereocenters. The molecule has 0 radical (unpaired) electrons. The summed E-state index contributed by atoms with van der Waals surface area (Å²) in [6.45, 7) is -0.533. The van der Waals surface area contributed by atoms with Gasteiger partial charge in [-0.25, -0.2) is 4.39 Å². The topological polar surface area (TPSA) is 26.0 Å². The zero-order valence-electron chi connectivity index (χ0n) is 7.59. The monoisotopic (exact) mass is 243 g/mol. The molecule has 0 spiro atoms. The number of halogens is 5. The maximum Gasteiger partial charge on any atom is 0.396 e. The Morgan fingerprint density at radius 2 is 1.60 bits per heavy atom. The second-order valence-corrected chi connectivity index (χ2v) is 2.88. The minimum Gasteiger partial charge on any atom is -0.330 e. The summed E-state index contributed by atoms with van der Waals surface area (Å²) in [4.78, 5) is 0. The van der Waals surface area contributed by atoms with Crippen molar-refractivity contribution in [1.82, 2.24) is 0 Å². The fourth-order valence-electron chi connectivity index (χ4n) is 1.15. The van der Waals surface area contributed by atoms with Crippen molar-refractivity contribution in [3.05, 3.63) is 35.6 Å². The van der Waals surface area contributed by atoms with Crippen molar-refractivity contribution in [2.75, 3.05) is 6.54 Å². The van der Waals surface area contributed by atoms with E-state index < -0.39 is 24.5 Å². The van der Waals surface area contributed by atoms with E-state index in [4.69, 9.17) is 5.73 Å². The van der Waals surface area contributed by atoms with Gasteiger partial charge in [0.05, 0.1) is 5.92 Å². The molecule has 6 heteroatoms. The summed E-state index contributed by atoms with van der Waals surface area (Å²) in [6.07, 6.45) is -4.38. The third-order valence-corrected chi connectivity index (χ3v) is 1.90. The van der Waals surface area contributed by atoms with Gasteiger partial charge in [-0.05, 0) is 17.7 Å². The molecule has 1 rings (SSSR count). The van der Waals surface area contributed by atoms with Crippen molar-refractivity contribution in [3.63, 3.8) is 0 Å². The summed E-state index contributed by atoms with van der Waals surface area (Å²) < 4.78 is 49.4. The van der Waals surface area contributed by atoms with Gasteiger partial charge >= 0.3 is 6.18 Å². The van der Waals surface area contributed by atoms with Crippen LogP contribution in [0.15, 0.2) is 24.3 Å². The first-order valence-electron chi connectivity index (χ1n) is 3.97. The van der Waals surface area contributed by atoms with Crippen LogP contribution in [0, 0.1) is 5.82 Å². The summed E-state index contributed by atoms with van der Waals surface area (Å²) in [5, 5.41) is 0. The summed E-state index contributed by atoms with van der Waals surface area (Å²) in [5.41, 5.74) is 5.00. The SMILES string of the molecule is Cl.NCC(c1ccc(F)cc1)C(F)(F)F. The fourth-order valence-corrected chi connectivity index (χ4v) is 1.15. The summed E-state index contributed by atoms with van der Waals surface area (Å²) in [7, 11) is 0. The van der Waals surface area contributed by atoms with Gasteiger partial charge in [0.25, 0.3) is 0 Å². The van der Waals surface area contributed by atoms with Crippen molar-refractivity contribution in [3.8, 4) is 0 Å². The number of hydrogen-bond acceptors (Lipinski definition) is 1. The lowest BCUT2D eigenvalue weighted by Gasteiger charge is -2.18. The first kappa shape index (κ1) is 14.2. The van der Waals surface area contributed by atoms with Crippen LogP contribution in [-0.4, -0.2) is 12.7 Å². The van der Waals surface area contributed by atoms with Crippen molar-refractivity contribution >= 4 is 12.4 Å². The van der Waals surface area contributed by atoms with E-state index in [1.807, 2.05) is 0 Å². The van der Waals surface area contributed by atoms with E-state index in [9.17, 15) is 17.6 Å². The Labute approximate surface area is 90.7 Å². The molecule has 1 aromatic carbocycles. The lowest BCUT2D eigenvalue weighted by Crippen LogP contribution is -2.27. The molecule has 0 aliphatic rings. The van der Waals surface area contributed by atoms with E-state index in [-0.39, 0.29) is 18.0 Å². The average molecular weight is 244 g/mol. The highest BCUT2D eigenvalue weighted by Gasteiger charge is 2.39. The van der Waals surface area contributed by atoms with E-state index in [0.29, 0.717) is 0 Å². The molecule has 1 aromatic rings. The zero-order valence-corrected chi connectivity index (χ0v) is 8.41. The largest absolute Gasteiger partial charge is 0.396 e. The first-order chi connectivity index (χ1) is 6.45. The van der Waals surface area contributed by atoms with Crippen LogP contribution in [0.25, 0.3) is 0 Å². The predicted octanol–water partition coefficient (Wildman–Crippen LogP) is 2.85. The molecule has 0 amide bonds. The molecule has 0 bridgehead atoms. The smallest absolute Gasteiger partial charge is 0.330 e. The second-order valence-electron chi connectivity index (χ2n) is 2.88. The van der Waals surface area contributed by atoms with Crippen LogP contribution in [0.4, 0.5) is 17.6 Å². The molecular weight excluding hydrogens is 234 g/mol. The lowest BCUT2D eigenvalue weighted by atomic mass is 9.99. The number of rotatable bonds is 2. The molecule has 0 fully saturated rings. The minimum atomic E-state index is -4.38. The molecular formula is C9H10ClF4N. The molecule has 0 aromatic heterocycles. The van der Waals surface area contributed by atoms with Crippen LogP contribution < -0.4 is 5.73 Å². The van der Waals surface area contributed by atoms with Crippen molar-refractivity contribution in [2.24, 2.45) is 5.73 Å². The predicted molar refractivity (Wildman–Crippen MR) is 51.5 cm³/mol. The molecule has 1 nitrogen and oxygen atoms in total. The molecule has 1 unspecified atom stereocenters. The Kier molecular flexibility index (Phi) is 5.03. The average Bonchev–Trinajstić information content (AvgIpc) is 2.07. The van der Waals surface area contributed by atoms with E-state index in [1.165, 1.54) is 0 Å². The highest BCUT2D eigenvalue weighted by Crippen LogP contribution is 2.33. The maximum atomic E-state index is 12.4. The first-order valence-corrected chi connectivity index (χ1v) is 3.97. The van der Waals surface area contributed by atoms with E-state index >= 15 is 0 Å². The summed E-state index contributed by atoms with van der Waals surface area (Å²) >= 11 is 0. The highest BCUT2D eigenvalue weighted by molar-refractivity contribution is 5.85. The molecule has 0 aliphatic carbocycles. The van der Waals surface area contributed by atoms with Crippen LogP contribution in [0.2, 0.25) is 0 Å². The van der Waals surface area contributed by atoms with Gasteiger partial charge < -0.3 is 5.73 Å². The van der Waals surface area contributed by atoms with Crippen LogP contribution in [0.1, 0.15) is 11.5 Å². The van der Waals surface area contributed by atoms with Gasteiger partial charge in [-0.1, -0.05) is 12.1 Å². The molecule has 86 valence electrons. The van der Waals surface area contributed by atoms with Crippen LogP contribution in [0.3, 0.4) is 0 Å². The maximum absolute atomic E-state index is 12.4. The van der Waals surface area contributed by atoms with E-state index in [0.717, 1.165) is 24.3 Å². The molecule has 0 heterocycles. The van der Waals surface area contributed by atoms with Gasteiger partial charge in [0, 0.05) is 6.54 Å². The molecule has 0 saturated heterocycles. The van der Waals surface area contributed by atoms with Crippen LogP contribution >= 0.6 is 12.4 Å². The van der Waals surface area contributed by atoms with Gasteiger partial charge in [0.1, 0.15) is 5.82 Å². The van der Waals surface area contributed by atoms with Gasteiger partial charge in [-0.2, -0.15) is 13.2 Å². The van der Waals surface area contributed by atoms with Crippen molar-refractivity contribution in [2.45, 2.75) is 12.1 Å². The quantitative estimate of drug-likeness (QED) is 0.795. The highest BCUT2D eigenvalue weighted by atomic mass is 35.5. The van der Waals surface area contributed by atoms with Gasteiger partial charge in [0.15, 0.2) is 0 Å². The molecule has 0 aliphatic heterocycles. The van der Waals surface area contributed by atoms with Crippen LogP contribution in [0.5, 0.6) is 0 Å². The van der Waals surface area contributed by atoms with Crippen molar-refractivity contribution in [1.29, 1.82) is 0 Å². The minimum absolute atomic E-state index is 0. The Morgan fingerprint density at radius 1 is 1.13 bits per heavy atom. The van der Waals surface area contributed by atoms with E-state index in [1.54, 1.807) is 0 Å². The van der Waals surface area contributed by atoms with E-state index in [2.05, 4.69) is 0 Å². The summed E-state index contributed by atoms with van der Waals surface area (Å²) in [6, 6.07) is 4.17. The number of nitrogens with two attached hydrogens (primary N) is 1. The van der Waals surface area contributed by atoms with Crippen LogP contribution in [-0.2, 0) is 0 Å². The van der Waals surface area contributed by atoms with Gasteiger partial charge in [0.2, 0.25) is 0 Å². The van der Waals surface area contributed by atoms with Crippen molar-refractivity contribution < 1.29 is 17.6 Å². The summed E-state index contributed by atoms with van der Waals surface area (Å²) in [5.74, 6) is -2.28. The molecule has 0 saturated carbocycles. The standard InChI is InChI=1S/C9H9F4N.ClH/c10-7-3-1-6(2-4-7)8(5-14)9(11,12)13;/h1-4,8H,5,14H2;1H. The Morgan fingerprint density at radius 3 is 1.93 bits per heavy atom. The Hall–Kier alpha value is -0.810. The third-order valence-electron chi connectivity index (χ3n) is 1.90.